The van der Waals surface area contributed by atoms with E-state index in [2.05, 4.69) is 16.0 Å². The van der Waals surface area contributed by atoms with Gasteiger partial charge in [0.25, 0.3) is 0 Å². The number of allylic oxidation sites excluding steroid dienone is 1. The van der Waals surface area contributed by atoms with Crippen molar-refractivity contribution in [1.29, 1.82) is 5.26 Å². The van der Waals surface area contributed by atoms with E-state index >= 15 is 0 Å². The molecule has 0 aliphatic heterocycles. The third-order valence-corrected chi connectivity index (χ3v) is 3.28. The van der Waals surface area contributed by atoms with Crippen molar-refractivity contribution in [1.82, 2.24) is 9.97 Å². The summed E-state index contributed by atoms with van der Waals surface area (Å²) in [4.78, 5) is 7.20. The molecule has 0 radical (unpaired) electrons. The molecule has 0 amide bonds. The molecule has 2 aromatic heterocycles. The summed E-state index contributed by atoms with van der Waals surface area (Å²) in [6.07, 6.45) is 7.07. The monoisotopic (exact) mass is 279 g/mol. The fourth-order valence-corrected chi connectivity index (χ4v) is 2.29. The van der Waals surface area contributed by atoms with Crippen molar-refractivity contribution in [2.24, 2.45) is 0 Å². The lowest BCUT2D eigenvalue weighted by Crippen LogP contribution is -1.81. The molecule has 0 atom stereocenters. The smallest absolute Gasteiger partial charge is 0.0998 e. The van der Waals surface area contributed by atoms with E-state index in [4.69, 9.17) is 11.6 Å². The Hall–Kier alpha value is -2.57. The van der Waals surface area contributed by atoms with Crippen LogP contribution in [0.25, 0.3) is 22.6 Å². The SMILES string of the molecule is N#CC(=Cc1cccnc1)c1c[nH]c2ccc(Cl)cc12. The van der Waals surface area contributed by atoms with Crippen LogP contribution in [0.2, 0.25) is 5.02 Å². The lowest BCUT2D eigenvalue weighted by atomic mass is 10.0. The first-order valence-electron chi connectivity index (χ1n) is 6.07. The Labute approximate surface area is 121 Å². The molecular formula is C16H10ClN3. The first kappa shape index (κ1) is 12.5. The van der Waals surface area contributed by atoms with Crippen LogP contribution < -0.4 is 0 Å². The van der Waals surface area contributed by atoms with E-state index in [9.17, 15) is 5.26 Å². The van der Waals surface area contributed by atoms with Crippen molar-refractivity contribution in [2.75, 3.05) is 0 Å². The van der Waals surface area contributed by atoms with Crippen LogP contribution >= 0.6 is 11.6 Å². The van der Waals surface area contributed by atoms with Crippen molar-refractivity contribution >= 4 is 34.2 Å². The van der Waals surface area contributed by atoms with Crippen molar-refractivity contribution in [2.45, 2.75) is 0 Å². The molecule has 1 N–H and O–H groups in total. The number of nitriles is 1. The summed E-state index contributed by atoms with van der Waals surface area (Å²) in [7, 11) is 0. The molecule has 0 fully saturated rings. The number of fused-ring (bicyclic) bond motifs is 1. The van der Waals surface area contributed by atoms with Crippen LogP contribution in [0.1, 0.15) is 11.1 Å². The van der Waals surface area contributed by atoms with Gasteiger partial charge < -0.3 is 4.98 Å². The van der Waals surface area contributed by atoms with Gasteiger partial charge in [0.1, 0.15) is 0 Å². The zero-order valence-corrected chi connectivity index (χ0v) is 11.2. The maximum absolute atomic E-state index is 9.40. The first-order valence-corrected chi connectivity index (χ1v) is 6.44. The van der Waals surface area contributed by atoms with Gasteiger partial charge in [0.05, 0.1) is 11.6 Å². The third kappa shape index (κ3) is 2.29. The molecule has 0 aliphatic carbocycles. The fourth-order valence-electron chi connectivity index (χ4n) is 2.11. The number of hydrogen-bond donors (Lipinski definition) is 1. The molecular weight excluding hydrogens is 270 g/mol. The van der Waals surface area contributed by atoms with Crippen molar-refractivity contribution < 1.29 is 0 Å². The van der Waals surface area contributed by atoms with Crippen molar-refractivity contribution in [3.63, 3.8) is 0 Å². The third-order valence-electron chi connectivity index (χ3n) is 3.05. The Morgan fingerprint density at radius 2 is 2.25 bits per heavy atom. The van der Waals surface area contributed by atoms with Gasteiger partial charge in [-0.05, 0) is 35.9 Å². The lowest BCUT2D eigenvalue weighted by molar-refractivity contribution is 1.32. The predicted molar refractivity (Wildman–Crippen MR) is 81.0 cm³/mol. The van der Waals surface area contributed by atoms with E-state index < -0.39 is 0 Å². The van der Waals surface area contributed by atoms with E-state index in [1.807, 2.05) is 42.6 Å². The fraction of sp³-hybridized carbons (Fsp3) is 0. The Morgan fingerprint density at radius 3 is 3.00 bits per heavy atom. The lowest BCUT2D eigenvalue weighted by Gasteiger charge is -1.98. The van der Waals surface area contributed by atoms with E-state index in [1.54, 1.807) is 12.4 Å². The van der Waals surface area contributed by atoms with Crippen LogP contribution in [-0.4, -0.2) is 9.97 Å². The minimum atomic E-state index is 0.575. The Bertz CT molecular complexity index is 826. The molecule has 0 saturated heterocycles. The van der Waals surface area contributed by atoms with Crippen molar-refractivity contribution in [3.05, 3.63) is 65.1 Å². The number of nitrogens with one attached hydrogen (secondary N) is 1. The van der Waals surface area contributed by atoms with Crippen molar-refractivity contribution in [3.8, 4) is 6.07 Å². The number of aromatic nitrogens is 2. The normalized spacial score (nSPS) is 11.5. The van der Waals surface area contributed by atoms with Gasteiger partial charge in [0, 0.05) is 40.1 Å². The average molecular weight is 280 g/mol. The molecule has 0 unspecified atom stereocenters. The molecule has 0 saturated carbocycles. The number of halogens is 1. The van der Waals surface area contributed by atoms with Gasteiger partial charge in [0.15, 0.2) is 0 Å². The number of hydrogen-bond acceptors (Lipinski definition) is 2. The molecule has 0 bridgehead atoms. The van der Waals surface area contributed by atoms with Gasteiger partial charge in [-0.3, -0.25) is 4.98 Å². The van der Waals surface area contributed by atoms with Crippen LogP contribution in [0.15, 0.2) is 48.9 Å². The Kier molecular flexibility index (Phi) is 3.24. The second kappa shape index (κ2) is 5.20. The highest BCUT2D eigenvalue weighted by Gasteiger charge is 2.09. The zero-order valence-electron chi connectivity index (χ0n) is 10.5. The predicted octanol–water partition coefficient (Wildman–Crippen LogP) is 4.28. The van der Waals surface area contributed by atoms with Crippen LogP contribution in [0, 0.1) is 11.3 Å². The highest BCUT2D eigenvalue weighted by molar-refractivity contribution is 6.31. The van der Waals surface area contributed by atoms with E-state index in [-0.39, 0.29) is 0 Å². The molecule has 3 aromatic rings. The highest BCUT2D eigenvalue weighted by atomic mass is 35.5. The van der Waals surface area contributed by atoms with E-state index in [0.717, 1.165) is 22.0 Å². The standard InChI is InChI=1S/C16H10ClN3/c17-13-3-4-16-14(7-13)15(10-20-16)12(8-18)6-11-2-1-5-19-9-11/h1-7,9-10,20H. The average Bonchev–Trinajstić information content (AvgIpc) is 2.89. The van der Waals surface area contributed by atoms with Gasteiger partial charge >= 0.3 is 0 Å². The summed E-state index contributed by atoms with van der Waals surface area (Å²) in [5.41, 5.74) is 3.26. The van der Waals surface area contributed by atoms with Crippen LogP contribution in [0.5, 0.6) is 0 Å². The minimum absolute atomic E-state index is 0.575. The number of H-pyrrole nitrogens is 1. The molecule has 1 aromatic carbocycles. The molecule has 0 aliphatic rings. The summed E-state index contributed by atoms with van der Waals surface area (Å²) in [5.74, 6) is 0. The van der Waals surface area contributed by atoms with Gasteiger partial charge in [-0.1, -0.05) is 17.7 Å². The Morgan fingerprint density at radius 1 is 1.35 bits per heavy atom. The summed E-state index contributed by atoms with van der Waals surface area (Å²) in [5, 5.41) is 11.0. The second-order valence-corrected chi connectivity index (χ2v) is 4.78. The zero-order chi connectivity index (χ0) is 13.9. The van der Waals surface area contributed by atoms with Gasteiger partial charge in [0.2, 0.25) is 0 Å². The van der Waals surface area contributed by atoms with Gasteiger partial charge in [-0.2, -0.15) is 5.26 Å². The molecule has 4 heteroatoms. The van der Waals surface area contributed by atoms with Crippen LogP contribution in [0.3, 0.4) is 0 Å². The second-order valence-electron chi connectivity index (χ2n) is 4.35. The van der Waals surface area contributed by atoms with E-state index in [1.165, 1.54) is 0 Å². The maximum Gasteiger partial charge on any atom is 0.0998 e. The number of pyridine rings is 1. The molecule has 20 heavy (non-hydrogen) atoms. The highest BCUT2D eigenvalue weighted by Crippen LogP contribution is 2.28. The van der Waals surface area contributed by atoms with Crippen LogP contribution in [-0.2, 0) is 0 Å². The molecule has 0 spiro atoms. The molecule has 2 heterocycles. The topological polar surface area (TPSA) is 52.5 Å². The number of rotatable bonds is 2. The first-order chi connectivity index (χ1) is 9.78. The minimum Gasteiger partial charge on any atom is -0.361 e. The number of benzene rings is 1. The van der Waals surface area contributed by atoms with Crippen LogP contribution in [0.4, 0.5) is 0 Å². The quantitative estimate of drug-likeness (QED) is 0.712. The Balaban J connectivity index is 2.16. The summed E-state index contributed by atoms with van der Waals surface area (Å²) < 4.78 is 0. The summed E-state index contributed by atoms with van der Waals surface area (Å²) >= 11 is 6.03. The summed E-state index contributed by atoms with van der Waals surface area (Å²) in [6.45, 7) is 0. The molecule has 96 valence electrons. The van der Waals surface area contributed by atoms with E-state index in [0.29, 0.717) is 10.6 Å². The van der Waals surface area contributed by atoms with Gasteiger partial charge in [-0.25, -0.2) is 0 Å². The number of aromatic amines is 1. The summed E-state index contributed by atoms with van der Waals surface area (Å²) in [6, 6.07) is 11.6. The van der Waals surface area contributed by atoms with Gasteiger partial charge in [-0.15, -0.1) is 0 Å². The molecule has 3 rings (SSSR count). The largest absolute Gasteiger partial charge is 0.361 e. The maximum atomic E-state index is 9.40. The number of nitrogens with zero attached hydrogens (tertiary/aromatic N) is 2. The molecule has 3 nitrogen and oxygen atoms in total.